The van der Waals surface area contributed by atoms with E-state index in [1.807, 2.05) is 0 Å². The van der Waals surface area contributed by atoms with Gasteiger partial charge in [0.25, 0.3) is 0 Å². The van der Waals surface area contributed by atoms with Gasteiger partial charge in [-0.1, -0.05) is 40.7 Å². The summed E-state index contributed by atoms with van der Waals surface area (Å²) in [6.45, 7) is -0.700. The molecule has 94 valence electrons. The fourth-order valence-corrected chi connectivity index (χ4v) is 1.58. The minimum atomic E-state index is -4.65. The van der Waals surface area contributed by atoms with Crippen LogP contribution in [-0.2, 0) is 12.7 Å². The average molecular weight is 256 g/mol. The standard InChI is InChI=1S/C11H7F3N2O2/c12-11(13,14)9-8(6-15-17)18-16-10(9)7-4-2-1-3-5-7/h1-5H,6H2. The van der Waals surface area contributed by atoms with Gasteiger partial charge in [-0.25, -0.2) is 0 Å². The fraction of sp³-hybridized carbons (Fsp3) is 0.182. The second kappa shape index (κ2) is 4.59. The number of benzene rings is 1. The maximum Gasteiger partial charge on any atom is 0.422 e. The molecule has 4 nitrogen and oxygen atoms in total. The van der Waals surface area contributed by atoms with Crippen LogP contribution in [0.3, 0.4) is 0 Å². The fourth-order valence-electron chi connectivity index (χ4n) is 1.58. The first-order valence-corrected chi connectivity index (χ1v) is 4.94. The van der Waals surface area contributed by atoms with Crippen molar-refractivity contribution in [3.05, 3.63) is 46.6 Å². The third-order valence-corrected chi connectivity index (χ3v) is 2.30. The summed E-state index contributed by atoms with van der Waals surface area (Å²) in [5, 5.41) is 5.78. The molecule has 1 heterocycles. The number of halogens is 3. The van der Waals surface area contributed by atoms with Gasteiger partial charge in [-0.3, -0.25) is 0 Å². The number of alkyl halides is 3. The van der Waals surface area contributed by atoms with Gasteiger partial charge in [0, 0.05) is 5.56 Å². The van der Waals surface area contributed by atoms with Crippen molar-refractivity contribution in [3.8, 4) is 11.3 Å². The molecule has 0 saturated carbocycles. The quantitative estimate of drug-likeness (QED) is 0.788. The van der Waals surface area contributed by atoms with Gasteiger partial charge in [0.15, 0.2) is 5.76 Å². The molecule has 0 spiro atoms. The highest BCUT2D eigenvalue weighted by Crippen LogP contribution is 2.39. The summed E-state index contributed by atoms with van der Waals surface area (Å²) in [5.41, 5.74) is -1.11. The summed E-state index contributed by atoms with van der Waals surface area (Å²) in [5.74, 6) is -0.573. The van der Waals surface area contributed by atoms with Gasteiger partial charge >= 0.3 is 6.18 Å². The van der Waals surface area contributed by atoms with Gasteiger partial charge in [0.05, 0.1) is 0 Å². The number of nitrogens with zero attached hydrogens (tertiary/aromatic N) is 2. The number of hydrogen-bond donors (Lipinski definition) is 0. The lowest BCUT2D eigenvalue weighted by Gasteiger charge is -2.06. The molecule has 18 heavy (non-hydrogen) atoms. The Labute approximate surface area is 99.4 Å². The molecule has 7 heteroatoms. The molecule has 0 atom stereocenters. The average Bonchev–Trinajstić information content (AvgIpc) is 2.74. The van der Waals surface area contributed by atoms with E-state index in [2.05, 4.69) is 14.9 Å². The second-order valence-corrected chi connectivity index (χ2v) is 3.48. The largest absolute Gasteiger partial charge is 0.422 e. The van der Waals surface area contributed by atoms with Crippen molar-refractivity contribution in [2.24, 2.45) is 5.18 Å². The van der Waals surface area contributed by atoms with Gasteiger partial charge < -0.3 is 4.52 Å². The summed E-state index contributed by atoms with van der Waals surface area (Å²) in [4.78, 5) is 10.1. The number of rotatable bonds is 3. The third kappa shape index (κ3) is 2.24. The van der Waals surface area contributed by atoms with Gasteiger partial charge in [-0.15, -0.1) is 0 Å². The van der Waals surface area contributed by atoms with Crippen LogP contribution in [0.4, 0.5) is 13.2 Å². The first kappa shape index (κ1) is 12.3. The van der Waals surface area contributed by atoms with Crippen molar-refractivity contribution in [2.75, 3.05) is 0 Å². The monoisotopic (exact) mass is 256 g/mol. The first-order chi connectivity index (χ1) is 8.54. The lowest BCUT2D eigenvalue weighted by atomic mass is 10.1. The van der Waals surface area contributed by atoms with Crippen LogP contribution in [0.2, 0.25) is 0 Å². The maximum absolute atomic E-state index is 12.9. The molecular formula is C11H7F3N2O2. The van der Waals surface area contributed by atoms with E-state index < -0.39 is 24.0 Å². The van der Waals surface area contributed by atoms with Crippen molar-refractivity contribution in [3.63, 3.8) is 0 Å². The van der Waals surface area contributed by atoms with Crippen LogP contribution in [0, 0.1) is 4.91 Å². The normalized spacial score (nSPS) is 11.5. The highest BCUT2D eigenvalue weighted by atomic mass is 19.4. The molecule has 2 rings (SSSR count). The van der Waals surface area contributed by atoms with Gasteiger partial charge in [0.1, 0.15) is 17.8 Å². The van der Waals surface area contributed by atoms with Crippen molar-refractivity contribution in [1.82, 2.24) is 5.16 Å². The Hall–Kier alpha value is -2.18. The SMILES string of the molecule is O=NCc1onc(-c2ccccc2)c1C(F)(F)F. The van der Waals surface area contributed by atoms with Crippen molar-refractivity contribution >= 4 is 0 Å². The molecule has 0 bridgehead atoms. The summed E-state index contributed by atoms with van der Waals surface area (Å²) in [7, 11) is 0. The minimum absolute atomic E-state index is 0.269. The van der Waals surface area contributed by atoms with Crippen LogP contribution in [0.15, 0.2) is 40.0 Å². The zero-order valence-corrected chi connectivity index (χ0v) is 8.94. The lowest BCUT2D eigenvalue weighted by molar-refractivity contribution is -0.138. The van der Waals surface area contributed by atoms with Gasteiger partial charge in [-0.05, 0) is 0 Å². The number of nitroso groups, excluding NO2 is 1. The predicted molar refractivity (Wildman–Crippen MR) is 56.4 cm³/mol. The van der Waals surface area contributed by atoms with Crippen LogP contribution >= 0.6 is 0 Å². The molecule has 0 aliphatic carbocycles. The Morgan fingerprint density at radius 2 is 1.89 bits per heavy atom. The van der Waals surface area contributed by atoms with Crippen molar-refractivity contribution < 1.29 is 17.7 Å². The molecule has 0 N–H and O–H groups in total. The molecule has 0 radical (unpaired) electrons. The molecule has 0 fully saturated rings. The van der Waals surface area contributed by atoms with E-state index in [1.54, 1.807) is 18.2 Å². The minimum Gasteiger partial charge on any atom is -0.358 e. The summed E-state index contributed by atoms with van der Waals surface area (Å²) in [6, 6.07) is 7.80. The van der Waals surface area contributed by atoms with E-state index in [0.717, 1.165) is 0 Å². The number of hydrogen-bond acceptors (Lipinski definition) is 4. The summed E-state index contributed by atoms with van der Waals surface area (Å²) in [6.07, 6.45) is -4.65. The Kier molecular flexibility index (Phi) is 3.14. The topological polar surface area (TPSA) is 55.5 Å². The molecular weight excluding hydrogens is 249 g/mol. The predicted octanol–water partition coefficient (Wildman–Crippen LogP) is 3.63. The molecule has 1 aromatic carbocycles. The van der Waals surface area contributed by atoms with Crippen molar-refractivity contribution in [2.45, 2.75) is 12.7 Å². The molecule has 0 unspecified atom stereocenters. The van der Waals surface area contributed by atoms with Crippen LogP contribution in [0.1, 0.15) is 11.3 Å². The van der Waals surface area contributed by atoms with E-state index in [0.29, 0.717) is 0 Å². The Morgan fingerprint density at radius 1 is 1.22 bits per heavy atom. The zero-order valence-electron chi connectivity index (χ0n) is 8.94. The van der Waals surface area contributed by atoms with E-state index in [1.165, 1.54) is 12.1 Å². The smallest absolute Gasteiger partial charge is 0.358 e. The summed E-state index contributed by atoms with van der Waals surface area (Å²) < 4.78 is 43.3. The molecule has 2 aromatic rings. The molecule has 0 saturated heterocycles. The Bertz CT molecular complexity index is 549. The highest BCUT2D eigenvalue weighted by molar-refractivity contribution is 5.64. The number of aromatic nitrogens is 1. The first-order valence-electron chi connectivity index (χ1n) is 4.94. The maximum atomic E-state index is 12.9. The van der Waals surface area contributed by atoms with Crippen LogP contribution < -0.4 is 0 Å². The van der Waals surface area contributed by atoms with Gasteiger partial charge in [0.2, 0.25) is 0 Å². The Balaban J connectivity index is 2.59. The van der Waals surface area contributed by atoms with E-state index in [-0.39, 0.29) is 11.3 Å². The zero-order chi connectivity index (χ0) is 13.2. The molecule has 0 amide bonds. The molecule has 0 aliphatic heterocycles. The molecule has 0 aliphatic rings. The lowest BCUT2D eigenvalue weighted by Crippen LogP contribution is -2.08. The van der Waals surface area contributed by atoms with Crippen LogP contribution in [0.25, 0.3) is 11.3 Å². The summed E-state index contributed by atoms with van der Waals surface area (Å²) >= 11 is 0. The van der Waals surface area contributed by atoms with E-state index >= 15 is 0 Å². The Morgan fingerprint density at radius 3 is 2.44 bits per heavy atom. The highest BCUT2D eigenvalue weighted by Gasteiger charge is 2.40. The van der Waals surface area contributed by atoms with Gasteiger partial charge in [-0.2, -0.15) is 18.1 Å². The van der Waals surface area contributed by atoms with E-state index in [9.17, 15) is 18.1 Å². The van der Waals surface area contributed by atoms with Crippen LogP contribution in [-0.4, -0.2) is 5.16 Å². The third-order valence-electron chi connectivity index (χ3n) is 2.30. The van der Waals surface area contributed by atoms with E-state index in [4.69, 9.17) is 0 Å². The second-order valence-electron chi connectivity index (χ2n) is 3.48. The van der Waals surface area contributed by atoms with Crippen LogP contribution in [0.5, 0.6) is 0 Å². The molecule has 1 aromatic heterocycles. The van der Waals surface area contributed by atoms with Crippen molar-refractivity contribution in [1.29, 1.82) is 0 Å².